The summed E-state index contributed by atoms with van der Waals surface area (Å²) in [5.74, 6) is -0.721. The van der Waals surface area contributed by atoms with Crippen LogP contribution in [0.15, 0.2) is 5.38 Å². The predicted octanol–water partition coefficient (Wildman–Crippen LogP) is -0.0326. The van der Waals surface area contributed by atoms with Gasteiger partial charge >= 0.3 is 0 Å². The Balaban J connectivity index is 2.39. The molecule has 8 heteroatoms. The number of amides is 3. The zero-order valence-corrected chi connectivity index (χ0v) is 10.9. The van der Waals surface area contributed by atoms with E-state index >= 15 is 0 Å². The molecular weight excluding hydrogens is 256 g/mol. The minimum atomic E-state index is -0.340. The van der Waals surface area contributed by atoms with Crippen molar-refractivity contribution in [2.45, 2.75) is 13.8 Å². The molecule has 18 heavy (non-hydrogen) atoms. The van der Waals surface area contributed by atoms with Crippen LogP contribution in [0.2, 0.25) is 0 Å². The van der Waals surface area contributed by atoms with Crippen molar-refractivity contribution < 1.29 is 14.4 Å². The second kappa shape index (κ2) is 6.70. The highest BCUT2D eigenvalue weighted by molar-refractivity contribution is 7.14. The van der Waals surface area contributed by atoms with Gasteiger partial charge in [-0.1, -0.05) is 0 Å². The van der Waals surface area contributed by atoms with Gasteiger partial charge in [0.15, 0.2) is 5.13 Å². The van der Waals surface area contributed by atoms with Crippen LogP contribution in [0.25, 0.3) is 0 Å². The molecule has 0 aromatic carbocycles. The number of hydrogen-bond acceptors (Lipinski definition) is 5. The van der Waals surface area contributed by atoms with Crippen molar-refractivity contribution in [3.05, 3.63) is 11.1 Å². The molecule has 0 unspecified atom stereocenters. The Hall–Kier alpha value is -1.96. The smallest absolute Gasteiger partial charge is 0.270 e. The molecule has 7 nitrogen and oxygen atoms in total. The fourth-order valence-electron chi connectivity index (χ4n) is 1.09. The molecule has 0 aliphatic heterocycles. The molecule has 0 aliphatic carbocycles. The van der Waals surface area contributed by atoms with Crippen LogP contribution in [-0.4, -0.2) is 35.8 Å². The van der Waals surface area contributed by atoms with E-state index in [1.54, 1.807) is 5.38 Å². The fourth-order valence-corrected chi connectivity index (χ4v) is 1.83. The van der Waals surface area contributed by atoms with Gasteiger partial charge in [-0.2, -0.15) is 0 Å². The minimum Gasteiger partial charge on any atom is -0.355 e. The standard InChI is InChI=1S/C10H14N4O3S/c1-6(15)11-3-4-12-9(17)8-5-18-10(14-8)13-7(2)16/h5H,3-4H2,1-2H3,(H,11,15)(H,12,17)(H,13,14,16). The first-order valence-corrected chi connectivity index (χ1v) is 6.12. The quantitative estimate of drug-likeness (QED) is 0.654. The van der Waals surface area contributed by atoms with Gasteiger partial charge in [0, 0.05) is 32.3 Å². The van der Waals surface area contributed by atoms with Crippen molar-refractivity contribution in [3.8, 4) is 0 Å². The van der Waals surface area contributed by atoms with Crippen LogP contribution in [0.3, 0.4) is 0 Å². The summed E-state index contributed by atoms with van der Waals surface area (Å²) in [4.78, 5) is 36.9. The van der Waals surface area contributed by atoms with E-state index in [2.05, 4.69) is 20.9 Å². The number of thiazole rings is 1. The lowest BCUT2D eigenvalue weighted by molar-refractivity contribution is -0.119. The van der Waals surface area contributed by atoms with Gasteiger partial charge in [-0.15, -0.1) is 11.3 Å². The lowest BCUT2D eigenvalue weighted by Crippen LogP contribution is -2.33. The van der Waals surface area contributed by atoms with Gasteiger partial charge in [-0.25, -0.2) is 4.98 Å². The van der Waals surface area contributed by atoms with E-state index in [0.29, 0.717) is 18.2 Å². The highest BCUT2D eigenvalue weighted by Crippen LogP contribution is 2.14. The largest absolute Gasteiger partial charge is 0.355 e. The maximum Gasteiger partial charge on any atom is 0.270 e. The number of nitrogens with one attached hydrogen (secondary N) is 3. The van der Waals surface area contributed by atoms with Crippen LogP contribution in [0.5, 0.6) is 0 Å². The summed E-state index contributed by atoms with van der Waals surface area (Å²) in [7, 11) is 0. The number of carbonyl (C=O) groups is 3. The summed E-state index contributed by atoms with van der Waals surface area (Å²) in [5, 5.41) is 9.59. The van der Waals surface area contributed by atoms with E-state index < -0.39 is 0 Å². The van der Waals surface area contributed by atoms with Crippen LogP contribution < -0.4 is 16.0 Å². The molecule has 3 amide bonds. The van der Waals surface area contributed by atoms with Crippen LogP contribution in [0.4, 0.5) is 5.13 Å². The predicted molar refractivity (Wildman–Crippen MR) is 67.4 cm³/mol. The average molecular weight is 270 g/mol. The van der Waals surface area contributed by atoms with Crippen LogP contribution >= 0.6 is 11.3 Å². The van der Waals surface area contributed by atoms with Crippen molar-refractivity contribution in [1.29, 1.82) is 0 Å². The second-order valence-corrected chi connectivity index (χ2v) is 4.32. The van der Waals surface area contributed by atoms with E-state index in [1.807, 2.05) is 0 Å². The molecule has 0 saturated carbocycles. The summed E-state index contributed by atoms with van der Waals surface area (Å²) in [6.07, 6.45) is 0. The monoisotopic (exact) mass is 270 g/mol. The summed E-state index contributed by atoms with van der Waals surface area (Å²) in [6, 6.07) is 0. The Labute approximate surface area is 108 Å². The molecule has 0 radical (unpaired) electrons. The first-order chi connectivity index (χ1) is 8.49. The minimum absolute atomic E-state index is 0.147. The lowest BCUT2D eigenvalue weighted by Gasteiger charge is -2.03. The SMILES string of the molecule is CC(=O)NCCNC(=O)c1csc(NC(C)=O)n1. The molecule has 0 spiro atoms. The van der Waals surface area contributed by atoms with Gasteiger partial charge in [-0.05, 0) is 0 Å². The maximum absolute atomic E-state index is 11.6. The molecule has 1 heterocycles. The van der Waals surface area contributed by atoms with Crippen molar-refractivity contribution in [1.82, 2.24) is 15.6 Å². The first kappa shape index (κ1) is 14.1. The molecule has 0 fully saturated rings. The summed E-state index contributed by atoms with van der Waals surface area (Å²) in [6.45, 7) is 3.46. The molecule has 1 aromatic heterocycles. The van der Waals surface area contributed by atoms with Crippen LogP contribution in [0, 0.1) is 0 Å². The molecule has 1 rings (SSSR count). The molecule has 0 aliphatic rings. The number of nitrogens with zero attached hydrogens (tertiary/aromatic N) is 1. The number of anilines is 1. The van der Waals surface area contributed by atoms with Gasteiger partial charge in [0.05, 0.1) is 0 Å². The summed E-state index contributed by atoms with van der Waals surface area (Å²) in [5.41, 5.74) is 0.242. The Morgan fingerprint density at radius 3 is 2.44 bits per heavy atom. The van der Waals surface area contributed by atoms with Crippen molar-refractivity contribution >= 4 is 34.2 Å². The maximum atomic E-state index is 11.6. The normalized spacial score (nSPS) is 9.67. The van der Waals surface area contributed by atoms with Gasteiger partial charge in [0.1, 0.15) is 5.69 Å². The molecule has 3 N–H and O–H groups in total. The Morgan fingerprint density at radius 2 is 1.83 bits per heavy atom. The van der Waals surface area contributed by atoms with E-state index in [9.17, 15) is 14.4 Å². The van der Waals surface area contributed by atoms with Gasteiger partial charge in [-0.3, -0.25) is 14.4 Å². The van der Waals surface area contributed by atoms with Crippen LogP contribution in [0.1, 0.15) is 24.3 Å². The number of carbonyl (C=O) groups excluding carboxylic acids is 3. The van der Waals surface area contributed by atoms with E-state index in [-0.39, 0.29) is 23.4 Å². The lowest BCUT2D eigenvalue weighted by atomic mass is 10.4. The molecule has 0 bridgehead atoms. The molecular formula is C10H14N4O3S. The van der Waals surface area contributed by atoms with E-state index in [1.165, 1.54) is 25.2 Å². The molecule has 0 atom stereocenters. The Bertz CT molecular complexity index is 458. The van der Waals surface area contributed by atoms with Crippen molar-refractivity contribution in [2.24, 2.45) is 0 Å². The third kappa shape index (κ3) is 4.91. The molecule has 1 aromatic rings. The summed E-state index contributed by atoms with van der Waals surface area (Å²) < 4.78 is 0. The number of hydrogen-bond donors (Lipinski definition) is 3. The molecule has 0 saturated heterocycles. The number of rotatable bonds is 5. The van der Waals surface area contributed by atoms with Crippen molar-refractivity contribution in [2.75, 3.05) is 18.4 Å². The number of aromatic nitrogens is 1. The zero-order valence-electron chi connectivity index (χ0n) is 10.1. The highest BCUT2D eigenvalue weighted by Gasteiger charge is 2.10. The molecule has 98 valence electrons. The Morgan fingerprint density at radius 1 is 1.17 bits per heavy atom. The zero-order chi connectivity index (χ0) is 13.5. The topological polar surface area (TPSA) is 100 Å². The Kier molecular flexibility index (Phi) is 5.25. The second-order valence-electron chi connectivity index (χ2n) is 3.46. The third-order valence-corrected chi connectivity index (χ3v) is 2.56. The summed E-state index contributed by atoms with van der Waals surface area (Å²) >= 11 is 1.18. The van der Waals surface area contributed by atoms with E-state index in [4.69, 9.17) is 0 Å². The van der Waals surface area contributed by atoms with Gasteiger partial charge in [0.25, 0.3) is 5.91 Å². The van der Waals surface area contributed by atoms with E-state index in [0.717, 1.165) is 0 Å². The first-order valence-electron chi connectivity index (χ1n) is 5.25. The van der Waals surface area contributed by atoms with Gasteiger partial charge < -0.3 is 16.0 Å². The van der Waals surface area contributed by atoms with Crippen molar-refractivity contribution in [3.63, 3.8) is 0 Å². The van der Waals surface area contributed by atoms with Crippen LogP contribution in [-0.2, 0) is 9.59 Å². The highest BCUT2D eigenvalue weighted by atomic mass is 32.1. The third-order valence-electron chi connectivity index (χ3n) is 1.80. The fraction of sp³-hybridized carbons (Fsp3) is 0.400. The van der Waals surface area contributed by atoms with Gasteiger partial charge in [0.2, 0.25) is 11.8 Å². The average Bonchev–Trinajstić information content (AvgIpc) is 2.71.